The molecule has 20 heavy (non-hydrogen) atoms. The lowest BCUT2D eigenvalue weighted by atomic mass is 10.0. The summed E-state index contributed by atoms with van der Waals surface area (Å²) in [6.45, 7) is 5.34. The van der Waals surface area contributed by atoms with Crippen LogP contribution in [-0.2, 0) is 4.79 Å². The van der Waals surface area contributed by atoms with Gasteiger partial charge in [-0.05, 0) is 37.9 Å². The number of hydrogen-bond acceptors (Lipinski definition) is 3. The Morgan fingerprint density at radius 1 is 1.35 bits per heavy atom. The van der Waals surface area contributed by atoms with Gasteiger partial charge in [0, 0.05) is 24.2 Å². The van der Waals surface area contributed by atoms with E-state index in [9.17, 15) is 4.79 Å². The van der Waals surface area contributed by atoms with Gasteiger partial charge in [0.1, 0.15) is 5.75 Å². The van der Waals surface area contributed by atoms with E-state index in [2.05, 4.69) is 13.8 Å². The smallest absolute Gasteiger partial charge is 0.230 e. The molecule has 0 aliphatic heterocycles. The predicted molar refractivity (Wildman–Crippen MR) is 83.1 cm³/mol. The molecule has 1 aromatic rings. The summed E-state index contributed by atoms with van der Waals surface area (Å²) in [6.07, 6.45) is 2.51. The average Bonchev–Trinajstić information content (AvgIpc) is 2.49. The highest BCUT2D eigenvalue weighted by atomic mass is 16.5. The van der Waals surface area contributed by atoms with Crippen LogP contribution in [0.4, 0.5) is 5.69 Å². The van der Waals surface area contributed by atoms with Crippen LogP contribution in [-0.4, -0.2) is 26.1 Å². The zero-order chi connectivity index (χ0) is 15.0. The van der Waals surface area contributed by atoms with E-state index < -0.39 is 0 Å². The van der Waals surface area contributed by atoms with Gasteiger partial charge in [0.05, 0.1) is 7.11 Å². The second-order valence-electron chi connectivity index (χ2n) is 4.85. The molecule has 2 N–H and O–H groups in total. The third kappa shape index (κ3) is 4.23. The van der Waals surface area contributed by atoms with E-state index in [0.29, 0.717) is 13.1 Å². The van der Waals surface area contributed by atoms with E-state index in [1.807, 2.05) is 29.2 Å². The Morgan fingerprint density at radius 2 is 2.05 bits per heavy atom. The fourth-order valence-electron chi connectivity index (χ4n) is 2.25. The summed E-state index contributed by atoms with van der Waals surface area (Å²) in [5, 5.41) is 0. The van der Waals surface area contributed by atoms with Crippen LogP contribution in [0, 0.1) is 5.92 Å². The SMILES string of the molecule is CCC(CC)C(=O)N(CCCN)c1cccc(OC)c1. The van der Waals surface area contributed by atoms with E-state index in [4.69, 9.17) is 10.5 Å². The Labute approximate surface area is 121 Å². The van der Waals surface area contributed by atoms with Crippen LogP contribution in [0.15, 0.2) is 24.3 Å². The van der Waals surface area contributed by atoms with E-state index in [0.717, 1.165) is 30.7 Å². The van der Waals surface area contributed by atoms with E-state index in [1.54, 1.807) is 7.11 Å². The molecule has 0 unspecified atom stereocenters. The zero-order valence-electron chi connectivity index (χ0n) is 12.8. The molecule has 0 heterocycles. The number of methoxy groups -OCH3 is 1. The van der Waals surface area contributed by atoms with Crippen molar-refractivity contribution in [2.75, 3.05) is 25.1 Å². The minimum Gasteiger partial charge on any atom is -0.497 e. The molecule has 0 saturated heterocycles. The highest BCUT2D eigenvalue weighted by Crippen LogP contribution is 2.24. The van der Waals surface area contributed by atoms with Gasteiger partial charge in [-0.15, -0.1) is 0 Å². The molecule has 0 radical (unpaired) electrons. The molecule has 4 heteroatoms. The fourth-order valence-corrected chi connectivity index (χ4v) is 2.25. The summed E-state index contributed by atoms with van der Waals surface area (Å²) in [5.74, 6) is 1.01. The van der Waals surface area contributed by atoms with Crippen LogP contribution in [0.5, 0.6) is 5.75 Å². The maximum absolute atomic E-state index is 12.7. The third-order valence-electron chi connectivity index (χ3n) is 3.55. The van der Waals surface area contributed by atoms with Crippen molar-refractivity contribution in [2.24, 2.45) is 11.7 Å². The monoisotopic (exact) mass is 278 g/mol. The number of amides is 1. The van der Waals surface area contributed by atoms with Crippen LogP contribution in [0.1, 0.15) is 33.1 Å². The quantitative estimate of drug-likeness (QED) is 0.795. The van der Waals surface area contributed by atoms with E-state index >= 15 is 0 Å². The number of nitrogens with two attached hydrogens (primary N) is 1. The van der Waals surface area contributed by atoms with E-state index in [-0.39, 0.29) is 11.8 Å². The van der Waals surface area contributed by atoms with Crippen molar-refractivity contribution in [1.82, 2.24) is 0 Å². The third-order valence-corrected chi connectivity index (χ3v) is 3.55. The lowest BCUT2D eigenvalue weighted by Gasteiger charge is -2.27. The highest BCUT2D eigenvalue weighted by Gasteiger charge is 2.22. The summed E-state index contributed by atoms with van der Waals surface area (Å²) < 4.78 is 5.24. The zero-order valence-corrected chi connectivity index (χ0v) is 12.8. The summed E-state index contributed by atoms with van der Waals surface area (Å²) in [6, 6.07) is 7.63. The molecule has 0 aromatic heterocycles. The summed E-state index contributed by atoms with van der Waals surface area (Å²) in [5.41, 5.74) is 6.47. The second-order valence-corrected chi connectivity index (χ2v) is 4.85. The van der Waals surface area contributed by atoms with Gasteiger partial charge in [0.25, 0.3) is 0 Å². The standard InChI is InChI=1S/C16H26N2O2/c1-4-13(5-2)16(19)18(11-7-10-17)14-8-6-9-15(12-14)20-3/h6,8-9,12-13H,4-5,7,10-11,17H2,1-3H3. The van der Waals surface area contributed by atoms with Crippen molar-refractivity contribution in [3.8, 4) is 5.75 Å². The summed E-state index contributed by atoms with van der Waals surface area (Å²) in [7, 11) is 1.63. The van der Waals surface area contributed by atoms with E-state index in [1.165, 1.54) is 0 Å². The first-order valence-electron chi connectivity index (χ1n) is 7.33. The molecule has 1 aromatic carbocycles. The molecular weight excluding hydrogens is 252 g/mol. The number of hydrogen-bond donors (Lipinski definition) is 1. The maximum atomic E-state index is 12.7. The van der Waals surface area contributed by atoms with Crippen LogP contribution < -0.4 is 15.4 Å². The van der Waals surface area contributed by atoms with Gasteiger partial charge in [-0.3, -0.25) is 4.79 Å². The van der Waals surface area contributed by atoms with Crippen LogP contribution >= 0.6 is 0 Å². The van der Waals surface area contributed by atoms with Gasteiger partial charge in [-0.25, -0.2) is 0 Å². The second kappa shape index (κ2) is 8.59. The van der Waals surface area contributed by atoms with Crippen molar-refractivity contribution >= 4 is 11.6 Å². The normalized spacial score (nSPS) is 10.7. The van der Waals surface area contributed by atoms with Crippen LogP contribution in [0.2, 0.25) is 0 Å². The molecule has 0 saturated carbocycles. The van der Waals surface area contributed by atoms with Crippen molar-refractivity contribution in [2.45, 2.75) is 33.1 Å². The summed E-state index contributed by atoms with van der Waals surface area (Å²) >= 11 is 0. The Bertz CT molecular complexity index is 417. The Hall–Kier alpha value is -1.55. The molecule has 4 nitrogen and oxygen atoms in total. The van der Waals surface area contributed by atoms with Gasteiger partial charge < -0.3 is 15.4 Å². The number of anilines is 1. The molecule has 0 bridgehead atoms. The molecule has 0 atom stereocenters. The number of nitrogens with zero attached hydrogens (tertiary/aromatic N) is 1. The maximum Gasteiger partial charge on any atom is 0.230 e. The number of carbonyl (C=O) groups is 1. The molecule has 112 valence electrons. The lowest BCUT2D eigenvalue weighted by Crippen LogP contribution is -2.37. The largest absolute Gasteiger partial charge is 0.497 e. The minimum atomic E-state index is 0.0685. The molecule has 0 spiro atoms. The topological polar surface area (TPSA) is 55.6 Å². The number of ether oxygens (including phenoxy) is 1. The first-order chi connectivity index (χ1) is 9.67. The van der Waals surface area contributed by atoms with Gasteiger partial charge >= 0.3 is 0 Å². The lowest BCUT2D eigenvalue weighted by molar-refractivity contribution is -0.122. The first kappa shape index (κ1) is 16.5. The van der Waals surface area contributed by atoms with Crippen molar-refractivity contribution in [3.63, 3.8) is 0 Å². The van der Waals surface area contributed by atoms with Crippen LogP contribution in [0.25, 0.3) is 0 Å². The Kier molecular flexibility index (Phi) is 7.09. The van der Waals surface area contributed by atoms with Crippen molar-refractivity contribution in [1.29, 1.82) is 0 Å². The van der Waals surface area contributed by atoms with Gasteiger partial charge in [-0.2, -0.15) is 0 Å². The van der Waals surface area contributed by atoms with Gasteiger partial charge in [0.15, 0.2) is 0 Å². The molecule has 0 aliphatic rings. The highest BCUT2D eigenvalue weighted by molar-refractivity contribution is 5.95. The van der Waals surface area contributed by atoms with Crippen molar-refractivity contribution in [3.05, 3.63) is 24.3 Å². The molecular formula is C16H26N2O2. The first-order valence-corrected chi connectivity index (χ1v) is 7.33. The van der Waals surface area contributed by atoms with Gasteiger partial charge in [0.2, 0.25) is 5.91 Å². The number of carbonyl (C=O) groups excluding carboxylic acids is 1. The molecule has 0 fully saturated rings. The Morgan fingerprint density at radius 3 is 2.60 bits per heavy atom. The fraction of sp³-hybridized carbons (Fsp3) is 0.562. The van der Waals surface area contributed by atoms with Crippen LogP contribution in [0.3, 0.4) is 0 Å². The minimum absolute atomic E-state index is 0.0685. The Balaban J connectivity index is 3.00. The average molecular weight is 278 g/mol. The molecule has 0 aliphatic carbocycles. The predicted octanol–water partition coefficient (Wildman–Crippen LogP) is 2.81. The molecule has 1 amide bonds. The summed E-state index contributed by atoms with van der Waals surface area (Å²) in [4.78, 5) is 14.5. The molecule has 1 rings (SSSR count). The number of benzene rings is 1. The number of rotatable bonds is 8. The van der Waals surface area contributed by atoms with Gasteiger partial charge in [-0.1, -0.05) is 19.9 Å². The van der Waals surface area contributed by atoms with Crippen molar-refractivity contribution < 1.29 is 9.53 Å².